The second-order valence-electron chi connectivity index (χ2n) is 5.87. The van der Waals surface area contributed by atoms with E-state index in [0.717, 1.165) is 16.7 Å². The Balaban J connectivity index is 2.08. The lowest BCUT2D eigenvalue weighted by atomic mass is 10.1. The second kappa shape index (κ2) is 8.72. The van der Waals surface area contributed by atoms with Crippen LogP contribution in [0.5, 0.6) is 5.75 Å². The minimum absolute atomic E-state index is 0.230. The summed E-state index contributed by atoms with van der Waals surface area (Å²) in [5.41, 5.74) is 0.161. The summed E-state index contributed by atoms with van der Waals surface area (Å²) in [5.74, 6) is -2.32. The van der Waals surface area contributed by atoms with Crippen molar-refractivity contribution >= 4 is 34.7 Å². The number of aliphatic carboxylic acids is 1. The van der Waals surface area contributed by atoms with Gasteiger partial charge in [0.2, 0.25) is 6.10 Å². The van der Waals surface area contributed by atoms with Crippen LogP contribution in [-0.2, 0) is 23.9 Å². The van der Waals surface area contributed by atoms with E-state index in [9.17, 15) is 24.3 Å². The molecule has 1 heterocycles. The lowest BCUT2D eigenvalue weighted by Gasteiger charge is -2.45. The molecule has 0 bridgehead atoms. The molecule has 1 aromatic carbocycles. The lowest BCUT2D eigenvalue weighted by molar-refractivity contribution is -0.176. The van der Waals surface area contributed by atoms with Gasteiger partial charge in [0.25, 0.3) is 5.91 Å². The molecule has 1 fully saturated rings. The molecule has 144 valence electrons. The van der Waals surface area contributed by atoms with Crippen molar-refractivity contribution in [2.75, 3.05) is 6.61 Å². The number of rotatable bonds is 7. The smallest absolute Gasteiger partial charge is 0.352 e. The van der Waals surface area contributed by atoms with E-state index < -0.39 is 35.9 Å². The Hall–Kier alpha value is -2.81. The van der Waals surface area contributed by atoms with Crippen molar-refractivity contribution in [3.63, 3.8) is 0 Å². The number of hydrogen-bond donors (Lipinski definition) is 1. The fourth-order valence-corrected chi connectivity index (χ4v) is 3.41. The van der Waals surface area contributed by atoms with Crippen LogP contribution in [0.1, 0.15) is 20.8 Å². The van der Waals surface area contributed by atoms with Crippen LogP contribution in [0.2, 0.25) is 0 Å². The quantitative estimate of drug-likeness (QED) is 0.424. The number of allylic oxidation sites excluding steroid dienone is 1. The Morgan fingerprint density at radius 2 is 1.78 bits per heavy atom. The molecule has 0 radical (unpaired) electrons. The van der Waals surface area contributed by atoms with Gasteiger partial charge in [0.15, 0.2) is 11.7 Å². The first-order valence-corrected chi connectivity index (χ1v) is 8.88. The van der Waals surface area contributed by atoms with Gasteiger partial charge < -0.3 is 14.6 Å². The normalized spacial score (nSPS) is 18.3. The predicted molar refractivity (Wildman–Crippen MR) is 96.7 cm³/mol. The molecule has 1 N–H and O–H groups in total. The van der Waals surface area contributed by atoms with E-state index in [4.69, 9.17) is 9.47 Å². The predicted octanol–water partition coefficient (Wildman–Crippen LogP) is 1.80. The number of ether oxygens (including phenoxy) is 2. The van der Waals surface area contributed by atoms with Crippen LogP contribution in [0.3, 0.4) is 0 Å². The van der Waals surface area contributed by atoms with Crippen molar-refractivity contribution in [2.24, 2.45) is 0 Å². The fourth-order valence-electron chi connectivity index (χ4n) is 2.46. The molecule has 1 aliphatic heterocycles. The average Bonchev–Trinajstić information content (AvgIpc) is 2.61. The van der Waals surface area contributed by atoms with Gasteiger partial charge in [-0.05, 0) is 31.6 Å². The van der Waals surface area contributed by atoms with Crippen LogP contribution in [0.15, 0.2) is 41.6 Å². The Kier molecular flexibility index (Phi) is 6.62. The van der Waals surface area contributed by atoms with Crippen molar-refractivity contribution in [2.45, 2.75) is 32.2 Å². The van der Waals surface area contributed by atoms with Crippen LogP contribution in [-0.4, -0.2) is 51.1 Å². The van der Waals surface area contributed by atoms with Gasteiger partial charge in [-0.3, -0.25) is 14.5 Å². The van der Waals surface area contributed by atoms with Gasteiger partial charge >= 0.3 is 11.9 Å². The van der Waals surface area contributed by atoms with Crippen LogP contribution < -0.4 is 4.74 Å². The molecule has 0 unspecified atom stereocenters. The van der Waals surface area contributed by atoms with Gasteiger partial charge in [0.05, 0.1) is 0 Å². The molecule has 8 nitrogen and oxygen atoms in total. The largest absolute Gasteiger partial charge is 0.482 e. The molecule has 2 atom stereocenters. The summed E-state index contributed by atoms with van der Waals surface area (Å²) < 4.78 is 10.4. The highest BCUT2D eigenvalue weighted by atomic mass is 32.2. The van der Waals surface area contributed by atoms with Crippen LogP contribution in [0.4, 0.5) is 0 Å². The number of carboxylic acid groups (broad SMARTS) is 1. The zero-order chi connectivity index (χ0) is 20.1. The van der Waals surface area contributed by atoms with Crippen molar-refractivity contribution in [1.29, 1.82) is 0 Å². The number of carbonyl (C=O) groups is 4. The molecule has 1 aliphatic rings. The summed E-state index contributed by atoms with van der Waals surface area (Å²) in [7, 11) is 0. The number of benzene rings is 1. The number of para-hydroxylation sites is 1. The molecule has 0 saturated carbocycles. The maximum atomic E-state index is 12.4. The minimum atomic E-state index is -1.30. The Labute approximate surface area is 160 Å². The van der Waals surface area contributed by atoms with Crippen LogP contribution in [0.25, 0.3) is 0 Å². The Morgan fingerprint density at radius 3 is 2.30 bits per heavy atom. The first-order valence-electron chi connectivity index (χ1n) is 8.00. The van der Waals surface area contributed by atoms with Gasteiger partial charge in [-0.2, -0.15) is 0 Å². The highest BCUT2D eigenvalue weighted by Gasteiger charge is 2.54. The number of carboxylic acids is 1. The van der Waals surface area contributed by atoms with Crippen molar-refractivity contribution in [3.05, 3.63) is 41.6 Å². The fraction of sp³-hybridized carbons (Fsp3) is 0.333. The zero-order valence-electron chi connectivity index (χ0n) is 15.0. The second-order valence-corrected chi connectivity index (χ2v) is 7.17. The third kappa shape index (κ3) is 4.88. The summed E-state index contributed by atoms with van der Waals surface area (Å²) in [6.45, 7) is 3.95. The first kappa shape index (κ1) is 20.5. The first-order chi connectivity index (χ1) is 12.7. The molecule has 9 heteroatoms. The van der Waals surface area contributed by atoms with Crippen LogP contribution in [0, 0.1) is 0 Å². The lowest BCUT2D eigenvalue weighted by Crippen LogP contribution is -2.65. The molecular formula is C18H19NO7S. The summed E-state index contributed by atoms with van der Waals surface area (Å²) in [5, 5.41) is 8.08. The number of carbonyl (C=O) groups excluding carboxylic acids is 3. The number of amides is 1. The summed E-state index contributed by atoms with van der Waals surface area (Å²) in [4.78, 5) is 48.3. The summed E-state index contributed by atoms with van der Waals surface area (Å²) in [6, 6.07) is 8.58. The van der Waals surface area contributed by atoms with E-state index in [1.54, 1.807) is 44.2 Å². The number of likely N-dealkylation sites (tertiary alicyclic amines) is 1. The number of β-lactam (4-membered cyclic amide) rings is 1. The highest BCUT2D eigenvalue weighted by Crippen LogP contribution is 2.37. The third-order valence-electron chi connectivity index (χ3n) is 3.56. The summed E-state index contributed by atoms with van der Waals surface area (Å²) >= 11 is 0.731. The molecule has 0 spiro atoms. The van der Waals surface area contributed by atoms with E-state index in [2.05, 4.69) is 0 Å². The molecule has 2 rings (SSSR count). The Morgan fingerprint density at radius 1 is 1.15 bits per heavy atom. The standard InChI is InChI=1S/C18H19NO7S/c1-10(2)14(18(23)24)19-16(22)15(17(19)27-11(3)20)26-13(21)9-25-12-7-5-4-6-8-12/h4-8,15,17H,9H2,1-3H3,(H,23,24)/t15-,17+/m0/s1. The van der Waals surface area contributed by atoms with E-state index in [-0.39, 0.29) is 10.8 Å². The van der Waals surface area contributed by atoms with Gasteiger partial charge in [-0.15, -0.1) is 0 Å². The van der Waals surface area contributed by atoms with Crippen LogP contribution >= 0.6 is 11.8 Å². The molecule has 1 saturated heterocycles. The zero-order valence-corrected chi connectivity index (χ0v) is 15.8. The maximum absolute atomic E-state index is 12.4. The average molecular weight is 393 g/mol. The van der Waals surface area contributed by atoms with Gasteiger partial charge in [-0.1, -0.05) is 30.0 Å². The third-order valence-corrected chi connectivity index (χ3v) is 4.59. The SMILES string of the molecule is CC(=O)S[C@@H]1[C@@H](OC(=O)COc2ccccc2)C(=O)N1C(C(=O)O)=C(C)C. The molecule has 1 amide bonds. The van der Waals surface area contributed by atoms with Gasteiger partial charge in [0, 0.05) is 6.92 Å². The van der Waals surface area contributed by atoms with Crippen molar-refractivity contribution in [3.8, 4) is 5.75 Å². The Bertz CT molecular complexity index is 786. The topological polar surface area (TPSA) is 110 Å². The number of nitrogens with zero attached hydrogens (tertiary/aromatic N) is 1. The number of esters is 1. The number of hydrogen-bond acceptors (Lipinski definition) is 7. The van der Waals surface area contributed by atoms with E-state index in [1.165, 1.54) is 6.92 Å². The molecular weight excluding hydrogens is 374 g/mol. The summed E-state index contributed by atoms with van der Waals surface area (Å²) in [6.07, 6.45) is -1.25. The van der Waals surface area contributed by atoms with Gasteiger partial charge in [0.1, 0.15) is 16.8 Å². The molecule has 0 aliphatic carbocycles. The number of thioether (sulfide) groups is 1. The highest BCUT2D eigenvalue weighted by molar-refractivity contribution is 8.14. The van der Waals surface area contributed by atoms with Crippen molar-refractivity contribution in [1.82, 2.24) is 4.90 Å². The molecule has 0 aromatic heterocycles. The molecule has 27 heavy (non-hydrogen) atoms. The maximum Gasteiger partial charge on any atom is 0.352 e. The minimum Gasteiger partial charge on any atom is -0.482 e. The van der Waals surface area contributed by atoms with E-state index in [1.807, 2.05) is 0 Å². The van der Waals surface area contributed by atoms with E-state index >= 15 is 0 Å². The van der Waals surface area contributed by atoms with Gasteiger partial charge in [-0.25, -0.2) is 9.59 Å². The molecule has 1 aromatic rings. The van der Waals surface area contributed by atoms with Crippen molar-refractivity contribution < 1.29 is 33.8 Å². The monoisotopic (exact) mass is 393 g/mol. The van der Waals surface area contributed by atoms with E-state index in [0.29, 0.717) is 11.3 Å².